The number of nitrogens with zero attached hydrogens (tertiary/aromatic N) is 2. The van der Waals surface area contributed by atoms with Crippen molar-refractivity contribution < 1.29 is 19.1 Å². The summed E-state index contributed by atoms with van der Waals surface area (Å²) < 4.78 is 5.66. The fourth-order valence-corrected chi connectivity index (χ4v) is 4.21. The molecule has 2 aromatic rings. The van der Waals surface area contributed by atoms with Crippen molar-refractivity contribution in [2.45, 2.75) is 38.9 Å². The van der Waals surface area contributed by atoms with Crippen LogP contribution in [0.15, 0.2) is 36.4 Å². The van der Waals surface area contributed by atoms with Crippen molar-refractivity contribution in [3.8, 4) is 0 Å². The van der Waals surface area contributed by atoms with Crippen LogP contribution in [0.2, 0.25) is 0 Å². The average molecular weight is 380 g/mol. The Labute approximate surface area is 164 Å². The van der Waals surface area contributed by atoms with Gasteiger partial charge in [-0.25, -0.2) is 0 Å². The molecule has 6 heteroatoms. The number of imide groups is 1. The van der Waals surface area contributed by atoms with E-state index in [1.165, 1.54) is 4.90 Å². The summed E-state index contributed by atoms with van der Waals surface area (Å²) in [7, 11) is 0. The molecule has 1 fully saturated rings. The standard InChI is InChI=1S/C22H24N2O4/c1-14-12-23(13-15(2)28-14)19(25)10-5-11-24-21(26)17-8-3-6-16-7-4-9-18(20(16)17)22(24)27/h3-4,6-9,14-15H,5,10-13H2,1-2H3/t14-,15-/m1/s1. The quantitative estimate of drug-likeness (QED) is 0.765. The van der Waals surface area contributed by atoms with Gasteiger partial charge in [-0.2, -0.15) is 0 Å². The van der Waals surface area contributed by atoms with Gasteiger partial charge in [0.1, 0.15) is 0 Å². The third-order valence-electron chi connectivity index (χ3n) is 5.40. The molecule has 1 saturated heterocycles. The van der Waals surface area contributed by atoms with Gasteiger partial charge in [0.05, 0.1) is 12.2 Å². The monoisotopic (exact) mass is 380 g/mol. The van der Waals surface area contributed by atoms with Gasteiger partial charge in [0.15, 0.2) is 0 Å². The molecule has 0 saturated carbocycles. The normalized spacial score (nSPS) is 22.1. The van der Waals surface area contributed by atoms with Crippen LogP contribution in [-0.2, 0) is 9.53 Å². The van der Waals surface area contributed by atoms with Gasteiger partial charge in [-0.3, -0.25) is 19.3 Å². The predicted molar refractivity (Wildman–Crippen MR) is 105 cm³/mol. The summed E-state index contributed by atoms with van der Waals surface area (Å²) in [5.74, 6) is -0.521. The van der Waals surface area contributed by atoms with Gasteiger partial charge >= 0.3 is 0 Å². The van der Waals surface area contributed by atoms with E-state index in [0.29, 0.717) is 37.1 Å². The van der Waals surface area contributed by atoms with Gasteiger partial charge in [0, 0.05) is 42.6 Å². The number of ether oxygens (including phenoxy) is 1. The first kappa shape index (κ1) is 18.6. The van der Waals surface area contributed by atoms with Crippen molar-refractivity contribution in [2.75, 3.05) is 19.6 Å². The molecular weight excluding hydrogens is 356 g/mol. The smallest absolute Gasteiger partial charge is 0.261 e. The zero-order valence-electron chi connectivity index (χ0n) is 16.2. The van der Waals surface area contributed by atoms with Crippen LogP contribution >= 0.6 is 0 Å². The highest BCUT2D eigenvalue weighted by molar-refractivity contribution is 6.25. The lowest BCUT2D eigenvalue weighted by atomic mass is 9.94. The largest absolute Gasteiger partial charge is 0.372 e. The Morgan fingerprint density at radius 3 is 2.14 bits per heavy atom. The van der Waals surface area contributed by atoms with E-state index >= 15 is 0 Å². The molecule has 2 aliphatic rings. The molecule has 3 amide bonds. The molecule has 0 N–H and O–H groups in total. The average Bonchev–Trinajstić information content (AvgIpc) is 2.67. The van der Waals surface area contributed by atoms with Crippen molar-refractivity contribution in [1.82, 2.24) is 9.80 Å². The number of amides is 3. The third-order valence-corrected chi connectivity index (χ3v) is 5.40. The molecule has 2 aliphatic heterocycles. The maximum Gasteiger partial charge on any atom is 0.261 e. The molecule has 2 heterocycles. The number of carbonyl (C=O) groups excluding carboxylic acids is 3. The molecule has 6 nitrogen and oxygen atoms in total. The predicted octanol–water partition coefficient (Wildman–Crippen LogP) is 2.85. The number of carbonyl (C=O) groups is 3. The first-order valence-corrected chi connectivity index (χ1v) is 9.77. The highest BCUT2D eigenvalue weighted by Gasteiger charge is 2.32. The van der Waals surface area contributed by atoms with Crippen LogP contribution in [0.3, 0.4) is 0 Å². The van der Waals surface area contributed by atoms with E-state index in [0.717, 1.165) is 10.8 Å². The maximum atomic E-state index is 12.9. The van der Waals surface area contributed by atoms with Crippen LogP contribution in [0.4, 0.5) is 0 Å². The van der Waals surface area contributed by atoms with Crippen molar-refractivity contribution in [1.29, 1.82) is 0 Å². The topological polar surface area (TPSA) is 66.9 Å². The molecule has 0 aromatic heterocycles. The summed E-state index contributed by atoms with van der Waals surface area (Å²) in [5.41, 5.74) is 1.10. The Bertz CT molecular complexity index is 894. The highest BCUT2D eigenvalue weighted by atomic mass is 16.5. The van der Waals surface area contributed by atoms with E-state index in [-0.39, 0.29) is 36.5 Å². The van der Waals surface area contributed by atoms with Gasteiger partial charge in [-0.05, 0) is 37.8 Å². The van der Waals surface area contributed by atoms with Crippen LogP contribution in [-0.4, -0.2) is 59.4 Å². The first-order chi connectivity index (χ1) is 13.5. The molecule has 0 bridgehead atoms. The van der Waals surface area contributed by atoms with Gasteiger partial charge in [-0.1, -0.05) is 24.3 Å². The number of morpholine rings is 1. The Morgan fingerprint density at radius 1 is 1.00 bits per heavy atom. The lowest BCUT2D eigenvalue weighted by Gasteiger charge is -2.35. The Hall–Kier alpha value is -2.73. The molecule has 2 aromatic carbocycles. The number of hydrogen-bond donors (Lipinski definition) is 0. The second-order valence-electron chi connectivity index (χ2n) is 7.63. The van der Waals surface area contributed by atoms with Crippen molar-refractivity contribution in [3.63, 3.8) is 0 Å². The lowest BCUT2D eigenvalue weighted by Crippen LogP contribution is -2.48. The molecule has 2 atom stereocenters. The van der Waals surface area contributed by atoms with E-state index in [9.17, 15) is 14.4 Å². The zero-order chi connectivity index (χ0) is 19.8. The molecule has 4 rings (SSSR count). The summed E-state index contributed by atoms with van der Waals surface area (Å²) in [5, 5.41) is 1.62. The molecule has 146 valence electrons. The van der Waals surface area contributed by atoms with E-state index in [1.54, 1.807) is 12.1 Å². The number of benzene rings is 2. The maximum absolute atomic E-state index is 12.9. The van der Waals surface area contributed by atoms with Gasteiger partial charge < -0.3 is 9.64 Å². The SMILES string of the molecule is C[C@@H]1CN(C(=O)CCCN2C(=O)c3cccc4cccc(c34)C2=O)C[C@@H](C)O1. The minimum atomic E-state index is -0.282. The molecule has 0 spiro atoms. The summed E-state index contributed by atoms with van der Waals surface area (Å²) in [6, 6.07) is 11.0. The lowest BCUT2D eigenvalue weighted by molar-refractivity contribution is -0.143. The molecule has 0 radical (unpaired) electrons. The van der Waals surface area contributed by atoms with E-state index in [2.05, 4.69) is 0 Å². The van der Waals surface area contributed by atoms with E-state index in [4.69, 9.17) is 4.74 Å². The number of rotatable bonds is 4. The Balaban J connectivity index is 1.44. The fraction of sp³-hybridized carbons (Fsp3) is 0.409. The van der Waals surface area contributed by atoms with Gasteiger partial charge in [0.25, 0.3) is 11.8 Å². The first-order valence-electron chi connectivity index (χ1n) is 9.77. The van der Waals surface area contributed by atoms with Gasteiger partial charge in [0.2, 0.25) is 5.91 Å². The second-order valence-corrected chi connectivity index (χ2v) is 7.63. The van der Waals surface area contributed by atoms with Crippen LogP contribution in [0, 0.1) is 0 Å². The molecule has 0 unspecified atom stereocenters. The number of hydrogen-bond acceptors (Lipinski definition) is 4. The van der Waals surface area contributed by atoms with E-state index < -0.39 is 0 Å². The Morgan fingerprint density at radius 2 is 1.57 bits per heavy atom. The summed E-state index contributed by atoms with van der Waals surface area (Å²) in [6.45, 7) is 5.32. The molecule has 0 aliphatic carbocycles. The van der Waals surface area contributed by atoms with Crippen LogP contribution in [0.5, 0.6) is 0 Å². The van der Waals surface area contributed by atoms with Crippen molar-refractivity contribution >= 4 is 28.5 Å². The van der Waals surface area contributed by atoms with Gasteiger partial charge in [-0.15, -0.1) is 0 Å². The molecular formula is C22H24N2O4. The summed E-state index contributed by atoms with van der Waals surface area (Å²) in [6.07, 6.45) is 0.807. The van der Waals surface area contributed by atoms with Crippen LogP contribution in [0.25, 0.3) is 10.8 Å². The van der Waals surface area contributed by atoms with Crippen molar-refractivity contribution in [3.05, 3.63) is 47.5 Å². The Kier molecular flexibility index (Phi) is 4.89. The fourth-order valence-electron chi connectivity index (χ4n) is 4.21. The molecule has 28 heavy (non-hydrogen) atoms. The van der Waals surface area contributed by atoms with Crippen LogP contribution in [0.1, 0.15) is 47.4 Å². The summed E-state index contributed by atoms with van der Waals surface area (Å²) >= 11 is 0. The summed E-state index contributed by atoms with van der Waals surface area (Å²) in [4.78, 5) is 41.4. The second kappa shape index (κ2) is 7.36. The van der Waals surface area contributed by atoms with Crippen molar-refractivity contribution in [2.24, 2.45) is 0 Å². The van der Waals surface area contributed by atoms with E-state index in [1.807, 2.05) is 43.0 Å². The minimum Gasteiger partial charge on any atom is -0.372 e. The highest BCUT2D eigenvalue weighted by Crippen LogP contribution is 2.30. The minimum absolute atomic E-state index is 0.0231. The third kappa shape index (κ3) is 3.29. The van der Waals surface area contributed by atoms with Crippen LogP contribution < -0.4 is 0 Å². The zero-order valence-corrected chi connectivity index (χ0v) is 16.2.